The molecule has 0 radical (unpaired) electrons. The zero-order chi connectivity index (χ0) is 20.0. The molecule has 144 valence electrons. The van der Waals surface area contributed by atoms with E-state index in [-0.39, 0.29) is 11.2 Å². The summed E-state index contributed by atoms with van der Waals surface area (Å²) >= 11 is 1.42. The van der Waals surface area contributed by atoms with E-state index in [2.05, 4.69) is 15.5 Å². The maximum atomic E-state index is 12.6. The highest BCUT2D eigenvalue weighted by Crippen LogP contribution is 2.14. The number of benzene rings is 1. The van der Waals surface area contributed by atoms with Crippen LogP contribution >= 0.6 is 11.3 Å². The van der Waals surface area contributed by atoms with Gasteiger partial charge in [-0.05, 0) is 12.1 Å². The van der Waals surface area contributed by atoms with Gasteiger partial charge >= 0.3 is 5.69 Å². The molecule has 0 saturated carbocycles. The van der Waals surface area contributed by atoms with Crippen LogP contribution in [0.2, 0.25) is 0 Å². The second kappa shape index (κ2) is 6.60. The summed E-state index contributed by atoms with van der Waals surface area (Å²) in [4.78, 5) is 42.1. The number of amides is 1. The Balaban J connectivity index is 1.67. The summed E-state index contributed by atoms with van der Waals surface area (Å²) in [6, 6.07) is 7.78. The molecule has 0 spiro atoms. The average Bonchev–Trinajstić information content (AvgIpc) is 3.22. The minimum Gasteiger partial charge on any atom is -0.328 e. The highest BCUT2D eigenvalue weighted by atomic mass is 32.1. The molecular weight excluding hydrogens is 382 g/mol. The molecule has 3 aromatic heterocycles. The lowest BCUT2D eigenvalue weighted by atomic mass is 10.3. The first kappa shape index (κ1) is 17.9. The predicted octanol–water partition coefficient (Wildman–Crippen LogP) is -0.381. The summed E-state index contributed by atoms with van der Waals surface area (Å²) < 4.78 is 6.53. The van der Waals surface area contributed by atoms with Gasteiger partial charge in [-0.2, -0.15) is 0 Å². The number of carbonyl (C=O) groups excluding carboxylic acids is 1. The van der Waals surface area contributed by atoms with Crippen molar-refractivity contribution in [1.82, 2.24) is 28.7 Å². The minimum atomic E-state index is -0.612. The number of nitrogens with zero attached hydrogens (tertiary/aromatic N) is 6. The number of hydrogen-bond acceptors (Lipinski definition) is 6. The SMILES string of the molecule is Cn1cnc2c1c(=O)n(CC(=O)N/N=c1/sc3ccccc3n1C)c(=O)n2C. The van der Waals surface area contributed by atoms with E-state index in [1.807, 2.05) is 35.9 Å². The van der Waals surface area contributed by atoms with Gasteiger partial charge in [0.1, 0.15) is 6.54 Å². The topological polar surface area (TPSA) is 108 Å². The number of fused-ring (bicyclic) bond motifs is 2. The summed E-state index contributed by atoms with van der Waals surface area (Å²) in [5.74, 6) is -0.571. The molecule has 1 aromatic carbocycles. The molecule has 0 aliphatic heterocycles. The van der Waals surface area contributed by atoms with E-state index < -0.39 is 23.7 Å². The van der Waals surface area contributed by atoms with Crippen LogP contribution in [-0.2, 0) is 32.5 Å². The second-order valence-electron chi connectivity index (χ2n) is 6.32. The molecule has 0 unspecified atom stereocenters. The zero-order valence-corrected chi connectivity index (χ0v) is 16.2. The van der Waals surface area contributed by atoms with Crippen molar-refractivity contribution in [2.24, 2.45) is 26.2 Å². The fourth-order valence-electron chi connectivity index (χ4n) is 3.01. The summed E-state index contributed by atoms with van der Waals surface area (Å²) in [6.45, 7) is -0.440. The van der Waals surface area contributed by atoms with E-state index in [9.17, 15) is 14.4 Å². The van der Waals surface area contributed by atoms with Crippen LogP contribution in [0.3, 0.4) is 0 Å². The lowest BCUT2D eigenvalue weighted by molar-refractivity contribution is -0.121. The Morgan fingerprint density at radius 1 is 1.18 bits per heavy atom. The van der Waals surface area contributed by atoms with Crippen LogP contribution in [0, 0.1) is 0 Å². The third-order valence-corrected chi connectivity index (χ3v) is 5.61. The van der Waals surface area contributed by atoms with Crippen LogP contribution in [0.1, 0.15) is 0 Å². The third-order valence-electron chi connectivity index (χ3n) is 4.49. The highest BCUT2D eigenvalue weighted by Gasteiger charge is 2.16. The first-order chi connectivity index (χ1) is 13.4. The van der Waals surface area contributed by atoms with E-state index in [4.69, 9.17) is 0 Å². The van der Waals surface area contributed by atoms with Crippen LogP contribution in [0.4, 0.5) is 0 Å². The van der Waals surface area contributed by atoms with E-state index in [1.165, 1.54) is 33.8 Å². The molecule has 0 atom stereocenters. The van der Waals surface area contributed by atoms with Gasteiger partial charge in [-0.1, -0.05) is 23.5 Å². The van der Waals surface area contributed by atoms with Gasteiger partial charge in [-0.3, -0.25) is 14.2 Å². The maximum Gasteiger partial charge on any atom is 0.332 e. The van der Waals surface area contributed by atoms with Gasteiger partial charge in [0, 0.05) is 21.1 Å². The normalized spacial score (nSPS) is 12.2. The van der Waals surface area contributed by atoms with E-state index in [0.717, 1.165) is 14.8 Å². The van der Waals surface area contributed by atoms with Crippen molar-refractivity contribution in [2.75, 3.05) is 0 Å². The Hall–Kier alpha value is -3.47. The molecule has 0 aliphatic carbocycles. The fourth-order valence-corrected chi connectivity index (χ4v) is 3.99. The number of hydrogen-bond donors (Lipinski definition) is 1. The lowest BCUT2D eigenvalue weighted by Gasteiger charge is -2.07. The fraction of sp³-hybridized carbons (Fsp3) is 0.235. The van der Waals surface area contributed by atoms with Crippen molar-refractivity contribution in [3.05, 3.63) is 56.2 Å². The van der Waals surface area contributed by atoms with Crippen LogP contribution in [0.15, 0.2) is 45.3 Å². The van der Waals surface area contributed by atoms with Gasteiger partial charge in [0.05, 0.1) is 16.5 Å². The smallest absolute Gasteiger partial charge is 0.328 e. The Kier molecular flexibility index (Phi) is 4.23. The first-order valence-corrected chi connectivity index (χ1v) is 9.18. The monoisotopic (exact) mass is 399 g/mol. The van der Waals surface area contributed by atoms with Crippen molar-refractivity contribution in [1.29, 1.82) is 0 Å². The van der Waals surface area contributed by atoms with E-state index in [1.54, 1.807) is 7.05 Å². The van der Waals surface area contributed by atoms with E-state index >= 15 is 0 Å². The number of aryl methyl sites for hydroxylation is 3. The van der Waals surface area contributed by atoms with Gasteiger partial charge in [-0.25, -0.2) is 19.8 Å². The zero-order valence-electron chi connectivity index (χ0n) is 15.4. The lowest BCUT2D eigenvalue weighted by Crippen LogP contribution is -2.43. The third kappa shape index (κ3) is 2.76. The van der Waals surface area contributed by atoms with Gasteiger partial charge < -0.3 is 9.13 Å². The number of carbonyl (C=O) groups is 1. The van der Waals surface area contributed by atoms with Crippen molar-refractivity contribution in [3.63, 3.8) is 0 Å². The number of rotatable bonds is 3. The number of nitrogens with one attached hydrogen (secondary N) is 1. The molecular formula is C17H17N7O3S. The molecule has 10 nitrogen and oxygen atoms in total. The Morgan fingerprint density at radius 2 is 1.93 bits per heavy atom. The molecule has 1 N–H and O–H groups in total. The Morgan fingerprint density at radius 3 is 2.68 bits per heavy atom. The number of thiazole rings is 1. The van der Waals surface area contributed by atoms with Gasteiger partial charge in [0.2, 0.25) is 4.80 Å². The molecule has 28 heavy (non-hydrogen) atoms. The van der Waals surface area contributed by atoms with Gasteiger partial charge in [-0.15, -0.1) is 5.10 Å². The Bertz CT molecular complexity index is 1420. The van der Waals surface area contributed by atoms with Gasteiger partial charge in [0.15, 0.2) is 11.2 Å². The van der Waals surface area contributed by atoms with Crippen LogP contribution in [-0.4, -0.2) is 29.2 Å². The standard InChI is InChI=1S/C17H17N7O3S/c1-21-9-18-14-13(21)15(26)24(17(27)23(14)3)8-12(25)19-20-16-22(2)10-6-4-5-7-11(10)28-16/h4-7,9H,8H2,1-3H3,(H,19,25)/b20-16+. The minimum absolute atomic E-state index is 0.253. The van der Waals surface area contributed by atoms with Crippen molar-refractivity contribution < 1.29 is 4.79 Å². The predicted molar refractivity (Wildman–Crippen MR) is 105 cm³/mol. The molecule has 3 heterocycles. The molecule has 1 amide bonds. The molecule has 4 rings (SSSR count). The summed E-state index contributed by atoms with van der Waals surface area (Å²) in [5, 5.41) is 4.13. The highest BCUT2D eigenvalue weighted by molar-refractivity contribution is 7.16. The molecule has 11 heteroatoms. The summed E-state index contributed by atoms with van der Waals surface area (Å²) in [5.41, 5.74) is 2.76. The first-order valence-electron chi connectivity index (χ1n) is 8.36. The van der Waals surface area contributed by atoms with Crippen molar-refractivity contribution in [2.45, 2.75) is 6.54 Å². The second-order valence-corrected chi connectivity index (χ2v) is 7.33. The molecule has 0 aliphatic rings. The molecule has 0 fully saturated rings. The average molecular weight is 399 g/mol. The van der Waals surface area contributed by atoms with Gasteiger partial charge in [0.25, 0.3) is 11.5 Å². The van der Waals surface area contributed by atoms with Crippen LogP contribution in [0.5, 0.6) is 0 Å². The molecule has 0 bridgehead atoms. The van der Waals surface area contributed by atoms with Crippen molar-refractivity contribution >= 4 is 38.6 Å². The Labute approximate surface area is 161 Å². The van der Waals surface area contributed by atoms with Crippen LogP contribution in [0.25, 0.3) is 21.4 Å². The largest absolute Gasteiger partial charge is 0.332 e. The number of imidazole rings is 1. The molecule has 0 saturated heterocycles. The van der Waals surface area contributed by atoms with Crippen molar-refractivity contribution in [3.8, 4) is 0 Å². The maximum absolute atomic E-state index is 12.6. The van der Waals surface area contributed by atoms with E-state index in [0.29, 0.717) is 4.80 Å². The molecule has 4 aromatic rings. The van der Waals surface area contributed by atoms with Crippen LogP contribution < -0.4 is 21.5 Å². The number of para-hydroxylation sites is 1. The summed E-state index contributed by atoms with van der Waals surface area (Å²) in [7, 11) is 5.01. The summed E-state index contributed by atoms with van der Waals surface area (Å²) in [6.07, 6.45) is 1.45. The quantitative estimate of drug-likeness (QED) is 0.474. The number of aromatic nitrogens is 5.